The average molecular weight is 313 g/mol. The minimum Gasteiger partial charge on any atom is -0.481 e. The Balaban J connectivity index is 2.45. The number of amides is 1. The number of benzene rings is 1. The molecule has 1 aromatic carbocycles. The maximum absolute atomic E-state index is 11.9. The summed E-state index contributed by atoms with van der Waals surface area (Å²) in [5.41, 5.74) is 0.661. The fourth-order valence-electron chi connectivity index (χ4n) is 2.11. The van der Waals surface area contributed by atoms with Crippen LogP contribution in [0.3, 0.4) is 0 Å². The molecule has 116 valence electrons. The van der Waals surface area contributed by atoms with Gasteiger partial charge >= 0.3 is 5.97 Å². The monoisotopic (exact) mass is 312 g/mol. The van der Waals surface area contributed by atoms with E-state index in [1.165, 1.54) is 0 Å². The van der Waals surface area contributed by atoms with Crippen LogP contribution >= 0.6 is 11.6 Å². The third kappa shape index (κ3) is 6.60. The number of carbonyl (C=O) groups is 2. The second-order valence-electron chi connectivity index (χ2n) is 4.88. The van der Waals surface area contributed by atoms with E-state index in [4.69, 9.17) is 16.7 Å². The van der Waals surface area contributed by atoms with E-state index in [-0.39, 0.29) is 18.4 Å². The molecule has 0 heterocycles. The molecule has 2 N–H and O–H groups in total. The van der Waals surface area contributed by atoms with Crippen molar-refractivity contribution in [2.24, 2.45) is 0 Å². The number of carboxylic acids is 1. The number of anilines is 1. The van der Waals surface area contributed by atoms with Gasteiger partial charge in [0.2, 0.25) is 5.91 Å². The molecule has 0 fully saturated rings. The van der Waals surface area contributed by atoms with Gasteiger partial charge in [0.25, 0.3) is 0 Å². The number of carbonyl (C=O) groups excluding carboxylic acids is 1. The van der Waals surface area contributed by atoms with Crippen molar-refractivity contribution in [3.8, 4) is 0 Å². The van der Waals surface area contributed by atoms with Gasteiger partial charge in [0, 0.05) is 29.7 Å². The standard InChI is InChI=1S/C15H21ClN2O3/c1-3-18(11(2)9-15(20)21)8-7-14(19)17-13-6-4-5-12(16)10-13/h4-6,10-11H,3,7-9H2,1-2H3,(H,17,19)(H,20,21). The van der Waals surface area contributed by atoms with Crippen LogP contribution in [0.1, 0.15) is 26.7 Å². The quantitative estimate of drug-likeness (QED) is 0.774. The molecule has 0 aromatic heterocycles. The highest BCUT2D eigenvalue weighted by molar-refractivity contribution is 6.30. The van der Waals surface area contributed by atoms with E-state index in [9.17, 15) is 9.59 Å². The fourth-order valence-corrected chi connectivity index (χ4v) is 2.30. The molecule has 0 saturated carbocycles. The topological polar surface area (TPSA) is 69.6 Å². The second kappa shape index (κ2) is 8.64. The van der Waals surface area contributed by atoms with Crippen molar-refractivity contribution in [1.29, 1.82) is 0 Å². The van der Waals surface area contributed by atoms with Gasteiger partial charge in [-0.25, -0.2) is 0 Å². The molecule has 0 saturated heterocycles. The Kier molecular flexibility index (Phi) is 7.19. The molecule has 1 rings (SSSR count). The summed E-state index contributed by atoms with van der Waals surface area (Å²) in [4.78, 5) is 24.6. The van der Waals surface area contributed by atoms with Crippen molar-refractivity contribution in [2.75, 3.05) is 18.4 Å². The Morgan fingerprint density at radius 1 is 1.43 bits per heavy atom. The van der Waals surface area contributed by atoms with Gasteiger partial charge in [-0.2, -0.15) is 0 Å². The summed E-state index contributed by atoms with van der Waals surface area (Å²) < 4.78 is 0. The van der Waals surface area contributed by atoms with Crippen molar-refractivity contribution in [1.82, 2.24) is 4.90 Å². The Labute approximate surface area is 129 Å². The van der Waals surface area contributed by atoms with Crippen LogP contribution in [0.15, 0.2) is 24.3 Å². The molecule has 1 amide bonds. The van der Waals surface area contributed by atoms with Crippen LogP contribution in [-0.2, 0) is 9.59 Å². The van der Waals surface area contributed by atoms with E-state index in [0.29, 0.717) is 30.2 Å². The van der Waals surface area contributed by atoms with Gasteiger partial charge in [0.05, 0.1) is 6.42 Å². The molecule has 0 bridgehead atoms. The molecule has 5 nitrogen and oxygen atoms in total. The molecule has 0 spiro atoms. The van der Waals surface area contributed by atoms with Crippen LogP contribution in [-0.4, -0.2) is 41.0 Å². The van der Waals surface area contributed by atoms with Crippen molar-refractivity contribution in [2.45, 2.75) is 32.7 Å². The molecule has 1 unspecified atom stereocenters. The predicted molar refractivity (Wildman–Crippen MR) is 83.7 cm³/mol. The molecule has 6 heteroatoms. The van der Waals surface area contributed by atoms with Gasteiger partial charge in [-0.15, -0.1) is 0 Å². The van der Waals surface area contributed by atoms with E-state index in [0.717, 1.165) is 0 Å². The zero-order chi connectivity index (χ0) is 15.8. The first-order valence-corrected chi connectivity index (χ1v) is 7.31. The van der Waals surface area contributed by atoms with E-state index in [1.807, 2.05) is 18.7 Å². The van der Waals surface area contributed by atoms with Crippen LogP contribution in [0.4, 0.5) is 5.69 Å². The minimum atomic E-state index is -0.829. The first-order chi connectivity index (χ1) is 9.92. The smallest absolute Gasteiger partial charge is 0.304 e. The second-order valence-corrected chi connectivity index (χ2v) is 5.32. The van der Waals surface area contributed by atoms with E-state index < -0.39 is 5.97 Å². The molecule has 1 aromatic rings. The van der Waals surface area contributed by atoms with E-state index in [1.54, 1.807) is 24.3 Å². The van der Waals surface area contributed by atoms with Crippen molar-refractivity contribution >= 4 is 29.2 Å². The van der Waals surface area contributed by atoms with Gasteiger partial charge in [-0.05, 0) is 31.7 Å². The summed E-state index contributed by atoms with van der Waals surface area (Å²) in [5, 5.41) is 12.2. The van der Waals surface area contributed by atoms with Gasteiger partial charge in [-0.1, -0.05) is 24.6 Å². The first-order valence-electron chi connectivity index (χ1n) is 6.93. The molecular weight excluding hydrogens is 292 g/mol. The number of carboxylic acid groups (broad SMARTS) is 1. The number of hydrogen-bond donors (Lipinski definition) is 2. The number of nitrogens with zero attached hydrogens (tertiary/aromatic N) is 1. The largest absolute Gasteiger partial charge is 0.481 e. The highest BCUT2D eigenvalue weighted by Crippen LogP contribution is 2.15. The van der Waals surface area contributed by atoms with Crippen molar-refractivity contribution in [3.63, 3.8) is 0 Å². The highest BCUT2D eigenvalue weighted by atomic mass is 35.5. The number of rotatable bonds is 8. The summed E-state index contributed by atoms with van der Waals surface area (Å²) in [5.74, 6) is -0.942. The number of aliphatic carboxylic acids is 1. The summed E-state index contributed by atoms with van der Waals surface area (Å²) >= 11 is 5.85. The molecule has 0 radical (unpaired) electrons. The number of hydrogen-bond acceptors (Lipinski definition) is 3. The van der Waals surface area contributed by atoms with Crippen LogP contribution in [0.25, 0.3) is 0 Å². The van der Waals surface area contributed by atoms with E-state index in [2.05, 4.69) is 5.32 Å². The van der Waals surface area contributed by atoms with Crippen molar-refractivity contribution in [3.05, 3.63) is 29.3 Å². The fraction of sp³-hybridized carbons (Fsp3) is 0.467. The Morgan fingerprint density at radius 2 is 2.14 bits per heavy atom. The molecular formula is C15H21ClN2O3. The summed E-state index contributed by atoms with van der Waals surface area (Å²) in [6.45, 7) is 5.04. The SMILES string of the molecule is CCN(CCC(=O)Nc1cccc(Cl)c1)C(C)CC(=O)O. The third-order valence-electron chi connectivity index (χ3n) is 3.23. The van der Waals surface area contributed by atoms with Gasteiger partial charge in [0.1, 0.15) is 0 Å². The normalized spacial score (nSPS) is 12.2. The lowest BCUT2D eigenvalue weighted by molar-refractivity contribution is -0.138. The molecule has 0 aliphatic rings. The van der Waals surface area contributed by atoms with E-state index >= 15 is 0 Å². The lowest BCUT2D eigenvalue weighted by atomic mass is 10.2. The summed E-state index contributed by atoms with van der Waals surface area (Å²) in [6.07, 6.45) is 0.383. The maximum Gasteiger partial charge on any atom is 0.304 e. The first kappa shape index (κ1) is 17.5. The summed E-state index contributed by atoms with van der Waals surface area (Å²) in [7, 11) is 0. The van der Waals surface area contributed by atoms with Gasteiger partial charge in [0.15, 0.2) is 0 Å². The van der Waals surface area contributed by atoms with Crippen LogP contribution in [0, 0.1) is 0 Å². The number of nitrogens with one attached hydrogen (secondary N) is 1. The third-order valence-corrected chi connectivity index (χ3v) is 3.47. The van der Waals surface area contributed by atoms with Gasteiger partial charge < -0.3 is 10.4 Å². The van der Waals surface area contributed by atoms with Crippen LogP contribution < -0.4 is 5.32 Å². The summed E-state index contributed by atoms with van der Waals surface area (Å²) in [6, 6.07) is 6.87. The Morgan fingerprint density at radius 3 is 2.71 bits per heavy atom. The molecule has 0 aliphatic heterocycles. The van der Waals surface area contributed by atoms with Gasteiger partial charge in [-0.3, -0.25) is 14.5 Å². The maximum atomic E-state index is 11.9. The lowest BCUT2D eigenvalue weighted by Crippen LogP contribution is -2.36. The highest BCUT2D eigenvalue weighted by Gasteiger charge is 2.16. The molecule has 21 heavy (non-hydrogen) atoms. The molecule has 0 aliphatic carbocycles. The zero-order valence-electron chi connectivity index (χ0n) is 12.3. The van der Waals surface area contributed by atoms with Crippen molar-refractivity contribution < 1.29 is 14.7 Å². The minimum absolute atomic E-state index is 0.0732. The lowest BCUT2D eigenvalue weighted by Gasteiger charge is -2.26. The van der Waals surface area contributed by atoms with Crippen LogP contribution in [0.2, 0.25) is 5.02 Å². The average Bonchev–Trinajstić information content (AvgIpc) is 2.38. The Bertz CT molecular complexity index is 494. The predicted octanol–water partition coefficient (Wildman–Crippen LogP) is 2.85. The van der Waals surface area contributed by atoms with Crippen LogP contribution in [0.5, 0.6) is 0 Å². The number of halogens is 1. The molecule has 1 atom stereocenters. The Hall–Kier alpha value is -1.59. The zero-order valence-corrected chi connectivity index (χ0v) is 13.1.